The molecule has 7 nitrogen and oxygen atoms in total. The van der Waals surface area contributed by atoms with Gasteiger partial charge in [-0.1, -0.05) is 11.2 Å². The molecule has 26 heavy (non-hydrogen) atoms. The van der Waals surface area contributed by atoms with Gasteiger partial charge in [-0.05, 0) is 59.3 Å². The van der Waals surface area contributed by atoms with Crippen LogP contribution in [0.25, 0.3) is 10.4 Å². The molecule has 0 bridgehead atoms. The Labute approximate surface area is 153 Å². The van der Waals surface area contributed by atoms with E-state index < -0.39 is 0 Å². The van der Waals surface area contributed by atoms with Crippen LogP contribution in [0.4, 0.5) is 0 Å². The van der Waals surface area contributed by atoms with Crippen molar-refractivity contribution in [3.05, 3.63) is 57.5 Å². The smallest absolute Gasteiger partial charge is 0.161 e. The zero-order chi connectivity index (χ0) is 18.9. The lowest BCUT2D eigenvalue weighted by molar-refractivity contribution is 0.353. The van der Waals surface area contributed by atoms with Crippen LogP contribution in [0.3, 0.4) is 0 Å². The highest BCUT2D eigenvalue weighted by molar-refractivity contribution is 5.50. The number of nitrogens with zero attached hydrogens (tertiary/aromatic N) is 3. The summed E-state index contributed by atoms with van der Waals surface area (Å²) in [6.07, 6.45) is 1.29. The molecule has 0 radical (unpaired) electrons. The minimum Gasteiger partial charge on any atom is -0.493 e. The van der Waals surface area contributed by atoms with Crippen LogP contribution in [-0.2, 0) is 12.8 Å². The molecule has 0 unspecified atom stereocenters. The maximum absolute atomic E-state index is 8.53. The fourth-order valence-electron chi connectivity index (χ4n) is 2.79. The molecule has 0 amide bonds. The molecular formula is C19H23N3O4. The molecule has 0 heterocycles. The highest BCUT2D eigenvalue weighted by Gasteiger charge is 2.13. The van der Waals surface area contributed by atoms with E-state index in [-0.39, 0.29) is 0 Å². The van der Waals surface area contributed by atoms with Crippen LogP contribution in [0.2, 0.25) is 0 Å². The second-order valence-electron chi connectivity index (χ2n) is 5.55. The van der Waals surface area contributed by atoms with E-state index >= 15 is 0 Å². The lowest BCUT2D eigenvalue weighted by Gasteiger charge is -2.15. The number of methoxy groups -OCH3 is 4. The second-order valence-corrected chi connectivity index (χ2v) is 5.55. The third-order valence-electron chi connectivity index (χ3n) is 4.09. The van der Waals surface area contributed by atoms with Gasteiger partial charge in [0.25, 0.3) is 0 Å². The number of hydrogen-bond acceptors (Lipinski definition) is 5. The zero-order valence-electron chi connectivity index (χ0n) is 15.5. The summed E-state index contributed by atoms with van der Waals surface area (Å²) in [4.78, 5) is 2.82. The first kappa shape index (κ1) is 19.3. The van der Waals surface area contributed by atoms with E-state index in [0.717, 1.165) is 16.7 Å². The van der Waals surface area contributed by atoms with Crippen LogP contribution in [0, 0.1) is 0 Å². The molecule has 0 aliphatic heterocycles. The predicted molar refractivity (Wildman–Crippen MR) is 99.6 cm³/mol. The Bertz CT molecular complexity index is 802. The number of azide groups is 1. The van der Waals surface area contributed by atoms with Gasteiger partial charge in [-0.2, -0.15) is 0 Å². The molecule has 0 aliphatic rings. The van der Waals surface area contributed by atoms with Gasteiger partial charge in [-0.3, -0.25) is 0 Å². The predicted octanol–water partition coefficient (Wildman–Crippen LogP) is 4.16. The summed E-state index contributed by atoms with van der Waals surface area (Å²) in [5.74, 6) is 2.68. The van der Waals surface area contributed by atoms with Gasteiger partial charge in [0.15, 0.2) is 23.0 Å². The van der Waals surface area contributed by atoms with Gasteiger partial charge >= 0.3 is 0 Å². The maximum atomic E-state index is 8.53. The summed E-state index contributed by atoms with van der Waals surface area (Å²) in [6.45, 7) is 0.380. The standard InChI is InChI=1S/C19H23N3O4/c1-23-16-6-5-13(10-17(16)24-2)9-15-12-19(26-4)18(25-3)11-14(15)7-8-21-22-20/h5-6,10-12H,7-9H2,1-4H3. The van der Waals surface area contributed by atoms with Crippen molar-refractivity contribution < 1.29 is 18.9 Å². The summed E-state index contributed by atoms with van der Waals surface area (Å²) in [6, 6.07) is 9.72. The fraction of sp³-hybridized carbons (Fsp3) is 0.368. The molecule has 0 N–H and O–H groups in total. The van der Waals surface area contributed by atoms with Gasteiger partial charge in [0.05, 0.1) is 28.4 Å². The fourth-order valence-corrected chi connectivity index (χ4v) is 2.79. The van der Waals surface area contributed by atoms with Crippen LogP contribution >= 0.6 is 0 Å². The normalized spacial score (nSPS) is 10.0. The molecule has 2 aromatic rings. The van der Waals surface area contributed by atoms with Crippen molar-refractivity contribution in [1.29, 1.82) is 0 Å². The van der Waals surface area contributed by atoms with E-state index in [9.17, 15) is 0 Å². The lowest BCUT2D eigenvalue weighted by atomic mass is 9.96. The lowest BCUT2D eigenvalue weighted by Crippen LogP contribution is -2.02. The molecule has 0 saturated heterocycles. The molecule has 0 spiro atoms. The molecule has 0 atom stereocenters. The van der Waals surface area contributed by atoms with Gasteiger partial charge in [-0.25, -0.2) is 0 Å². The first-order chi connectivity index (χ1) is 12.7. The van der Waals surface area contributed by atoms with E-state index in [0.29, 0.717) is 42.4 Å². The monoisotopic (exact) mass is 357 g/mol. The highest BCUT2D eigenvalue weighted by atomic mass is 16.5. The van der Waals surface area contributed by atoms with Crippen LogP contribution in [0.1, 0.15) is 16.7 Å². The third-order valence-corrected chi connectivity index (χ3v) is 4.09. The van der Waals surface area contributed by atoms with Gasteiger partial charge in [0, 0.05) is 11.5 Å². The Hall–Kier alpha value is -3.05. The molecular weight excluding hydrogens is 334 g/mol. The van der Waals surface area contributed by atoms with Crippen molar-refractivity contribution in [3.63, 3.8) is 0 Å². The first-order valence-corrected chi connectivity index (χ1v) is 8.12. The number of benzene rings is 2. The summed E-state index contributed by atoms with van der Waals surface area (Å²) in [7, 11) is 6.43. The molecule has 2 rings (SSSR count). The average Bonchev–Trinajstić information content (AvgIpc) is 2.68. The highest BCUT2D eigenvalue weighted by Crippen LogP contribution is 2.33. The second kappa shape index (κ2) is 9.44. The van der Waals surface area contributed by atoms with Gasteiger partial charge in [0.1, 0.15) is 0 Å². The summed E-state index contributed by atoms with van der Waals surface area (Å²) in [5, 5.41) is 3.64. The Morgan fingerprint density at radius 3 is 1.96 bits per heavy atom. The maximum Gasteiger partial charge on any atom is 0.161 e. The van der Waals surface area contributed by atoms with Crippen LogP contribution in [0.15, 0.2) is 35.4 Å². The molecule has 0 saturated carbocycles. The number of rotatable bonds is 9. The Balaban J connectivity index is 2.40. The summed E-state index contributed by atoms with van der Waals surface area (Å²) >= 11 is 0. The van der Waals surface area contributed by atoms with E-state index in [1.54, 1.807) is 28.4 Å². The van der Waals surface area contributed by atoms with Gasteiger partial charge in [0.2, 0.25) is 0 Å². The van der Waals surface area contributed by atoms with Crippen LogP contribution in [0.5, 0.6) is 23.0 Å². The quantitative estimate of drug-likeness (QED) is 0.383. The van der Waals surface area contributed by atoms with Crippen molar-refractivity contribution in [1.82, 2.24) is 0 Å². The minimum absolute atomic E-state index is 0.380. The van der Waals surface area contributed by atoms with Crippen molar-refractivity contribution in [2.75, 3.05) is 35.0 Å². The van der Waals surface area contributed by atoms with E-state index in [2.05, 4.69) is 10.0 Å². The number of ether oxygens (including phenoxy) is 4. The van der Waals surface area contributed by atoms with E-state index in [1.807, 2.05) is 30.3 Å². The Morgan fingerprint density at radius 2 is 1.38 bits per heavy atom. The van der Waals surface area contributed by atoms with E-state index in [1.165, 1.54) is 0 Å². The molecule has 138 valence electrons. The topological polar surface area (TPSA) is 85.7 Å². The van der Waals surface area contributed by atoms with Crippen molar-refractivity contribution in [2.45, 2.75) is 12.8 Å². The Kier molecular flexibility index (Phi) is 7.00. The molecule has 0 aromatic heterocycles. The first-order valence-electron chi connectivity index (χ1n) is 8.12. The average molecular weight is 357 g/mol. The molecule has 7 heteroatoms. The third kappa shape index (κ3) is 4.52. The summed E-state index contributed by atoms with van der Waals surface area (Å²) < 4.78 is 21.5. The minimum atomic E-state index is 0.380. The van der Waals surface area contributed by atoms with Crippen molar-refractivity contribution in [2.24, 2.45) is 5.11 Å². The molecule has 0 aliphatic carbocycles. The van der Waals surface area contributed by atoms with Crippen molar-refractivity contribution in [3.8, 4) is 23.0 Å². The van der Waals surface area contributed by atoms with E-state index in [4.69, 9.17) is 24.5 Å². The summed E-state index contributed by atoms with van der Waals surface area (Å²) in [5.41, 5.74) is 11.7. The van der Waals surface area contributed by atoms with Crippen LogP contribution in [-0.4, -0.2) is 35.0 Å². The van der Waals surface area contributed by atoms with Gasteiger partial charge in [-0.15, -0.1) is 0 Å². The Morgan fingerprint density at radius 1 is 0.808 bits per heavy atom. The number of hydrogen-bond donors (Lipinski definition) is 0. The van der Waals surface area contributed by atoms with Crippen LogP contribution < -0.4 is 18.9 Å². The largest absolute Gasteiger partial charge is 0.493 e. The van der Waals surface area contributed by atoms with Crippen molar-refractivity contribution >= 4 is 0 Å². The molecule has 2 aromatic carbocycles. The SMILES string of the molecule is COc1ccc(Cc2cc(OC)c(OC)cc2CCN=[N+]=[N-])cc1OC. The molecule has 0 fully saturated rings. The zero-order valence-corrected chi connectivity index (χ0v) is 15.5. The van der Waals surface area contributed by atoms with Gasteiger partial charge < -0.3 is 18.9 Å².